The molecule has 2 N–H and O–H groups in total. The van der Waals surface area contributed by atoms with Crippen LogP contribution in [-0.2, 0) is 0 Å². The van der Waals surface area contributed by atoms with Gasteiger partial charge in [-0.3, -0.25) is 0 Å². The van der Waals surface area contributed by atoms with Crippen molar-refractivity contribution in [2.75, 3.05) is 20.6 Å². The summed E-state index contributed by atoms with van der Waals surface area (Å²) < 4.78 is 0. The minimum Gasteiger partial charge on any atom is -0.323 e. The second-order valence-corrected chi connectivity index (χ2v) is 2.33. The van der Waals surface area contributed by atoms with Crippen molar-refractivity contribution in [3.8, 4) is 0 Å². The molecule has 0 aliphatic carbocycles. The van der Waals surface area contributed by atoms with Gasteiger partial charge in [-0.15, -0.1) is 0 Å². The predicted molar refractivity (Wildman–Crippen MR) is 40.2 cm³/mol. The van der Waals surface area contributed by atoms with Gasteiger partial charge in [0, 0.05) is 12.6 Å². The molecule has 0 rings (SSSR count). The van der Waals surface area contributed by atoms with Crippen molar-refractivity contribution in [1.29, 1.82) is 0 Å². The van der Waals surface area contributed by atoms with Crippen LogP contribution in [0.15, 0.2) is 0 Å². The van der Waals surface area contributed by atoms with Gasteiger partial charge in [-0.25, -0.2) is 0 Å². The fourth-order valence-corrected chi connectivity index (χ4v) is 0.551. The van der Waals surface area contributed by atoms with Crippen molar-refractivity contribution in [3.05, 3.63) is 0 Å². The summed E-state index contributed by atoms with van der Waals surface area (Å²) in [7, 11) is 3.94. The normalized spacial score (nSPS) is 14.0. The molecule has 1 unspecified atom stereocenters. The van der Waals surface area contributed by atoms with E-state index in [9.17, 15) is 0 Å². The summed E-state index contributed by atoms with van der Waals surface area (Å²) in [6, 6.07) is 0.0417. The van der Waals surface area contributed by atoms with Gasteiger partial charge in [0.05, 0.1) is 0 Å². The Morgan fingerprint density at radius 1 is 1.75 bits per heavy atom. The minimum atomic E-state index is 0.0417. The number of rotatable bonds is 3. The lowest BCUT2D eigenvalue weighted by atomic mass is 10.3. The SMILES string of the molecule is CN(C)CC(N)C=S. The first-order valence-electron chi connectivity index (χ1n) is 2.52. The standard InChI is InChI=1S/C5H12N2S/c1-7(2)3-5(6)4-8/h4-5H,3,6H2,1-2H3. The molecule has 48 valence electrons. The van der Waals surface area contributed by atoms with Gasteiger partial charge in [-0.05, 0) is 19.5 Å². The summed E-state index contributed by atoms with van der Waals surface area (Å²) in [5.74, 6) is 0. The number of nitrogens with zero attached hydrogens (tertiary/aromatic N) is 1. The molecule has 0 amide bonds. The van der Waals surface area contributed by atoms with Crippen LogP contribution in [0.2, 0.25) is 0 Å². The first kappa shape index (κ1) is 8.01. The molecule has 8 heavy (non-hydrogen) atoms. The molecule has 0 saturated carbocycles. The molecule has 0 bridgehead atoms. The molecule has 0 aliphatic rings. The Balaban J connectivity index is 3.23. The Kier molecular flexibility index (Phi) is 3.95. The molecular weight excluding hydrogens is 120 g/mol. The van der Waals surface area contributed by atoms with Crippen LogP contribution >= 0.6 is 12.2 Å². The number of hydrogen-bond donors (Lipinski definition) is 1. The van der Waals surface area contributed by atoms with E-state index < -0.39 is 0 Å². The molecule has 0 saturated heterocycles. The van der Waals surface area contributed by atoms with Crippen molar-refractivity contribution in [3.63, 3.8) is 0 Å². The van der Waals surface area contributed by atoms with Crippen LogP contribution in [0.5, 0.6) is 0 Å². The Labute approximate surface area is 55.7 Å². The summed E-state index contributed by atoms with van der Waals surface area (Å²) in [5.41, 5.74) is 5.47. The van der Waals surface area contributed by atoms with Crippen LogP contribution in [0.3, 0.4) is 0 Å². The summed E-state index contributed by atoms with van der Waals surface area (Å²) in [6.45, 7) is 0.837. The van der Waals surface area contributed by atoms with Crippen molar-refractivity contribution in [1.82, 2.24) is 4.90 Å². The number of nitrogens with two attached hydrogens (primary N) is 1. The lowest BCUT2D eigenvalue weighted by molar-refractivity contribution is 0.405. The van der Waals surface area contributed by atoms with Crippen LogP contribution in [0, 0.1) is 0 Å². The van der Waals surface area contributed by atoms with E-state index in [1.54, 1.807) is 5.37 Å². The smallest absolute Gasteiger partial charge is 0.0457 e. The van der Waals surface area contributed by atoms with Crippen LogP contribution in [0.1, 0.15) is 0 Å². The van der Waals surface area contributed by atoms with Gasteiger partial charge in [0.2, 0.25) is 0 Å². The molecule has 0 radical (unpaired) electrons. The van der Waals surface area contributed by atoms with Gasteiger partial charge in [0.25, 0.3) is 0 Å². The maximum Gasteiger partial charge on any atom is 0.0457 e. The molecule has 0 aromatic heterocycles. The van der Waals surface area contributed by atoms with E-state index >= 15 is 0 Å². The highest BCUT2D eigenvalue weighted by Gasteiger charge is 1.96. The Morgan fingerprint density at radius 3 is 2.38 bits per heavy atom. The predicted octanol–water partition coefficient (Wildman–Crippen LogP) is -0.125. The van der Waals surface area contributed by atoms with Crippen LogP contribution < -0.4 is 5.73 Å². The van der Waals surface area contributed by atoms with Crippen molar-refractivity contribution < 1.29 is 0 Å². The molecule has 0 aromatic carbocycles. The van der Waals surface area contributed by atoms with Crippen molar-refractivity contribution >= 4 is 17.6 Å². The second-order valence-electron chi connectivity index (χ2n) is 2.06. The van der Waals surface area contributed by atoms with Crippen molar-refractivity contribution in [2.45, 2.75) is 6.04 Å². The average molecular weight is 132 g/mol. The second kappa shape index (κ2) is 3.95. The van der Waals surface area contributed by atoms with E-state index in [-0.39, 0.29) is 6.04 Å². The lowest BCUT2D eigenvalue weighted by Gasteiger charge is -2.11. The van der Waals surface area contributed by atoms with Gasteiger partial charge >= 0.3 is 0 Å². The Hall–Kier alpha value is 0.01000. The zero-order valence-corrected chi connectivity index (χ0v) is 6.11. The van der Waals surface area contributed by atoms with E-state index in [0.717, 1.165) is 6.54 Å². The van der Waals surface area contributed by atoms with E-state index in [0.29, 0.717) is 0 Å². The highest BCUT2D eigenvalue weighted by molar-refractivity contribution is 7.79. The van der Waals surface area contributed by atoms with Crippen molar-refractivity contribution in [2.24, 2.45) is 5.73 Å². The fraction of sp³-hybridized carbons (Fsp3) is 0.800. The number of thiocarbonyl (C=S) groups is 1. The third kappa shape index (κ3) is 4.18. The highest BCUT2D eigenvalue weighted by Crippen LogP contribution is 1.77. The molecule has 2 nitrogen and oxygen atoms in total. The fourth-order valence-electron chi connectivity index (χ4n) is 0.465. The molecule has 0 aliphatic heterocycles. The van der Waals surface area contributed by atoms with Gasteiger partial charge < -0.3 is 10.6 Å². The van der Waals surface area contributed by atoms with Crippen LogP contribution in [0.4, 0.5) is 0 Å². The third-order valence-corrected chi connectivity index (χ3v) is 1.10. The zero-order valence-electron chi connectivity index (χ0n) is 5.29. The highest BCUT2D eigenvalue weighted by atomic mass is 32.1. The Bertz CT molecular complexity index is 72.8. The van der Waals surface area contributed by atoms with E-state index in [1.807, 2.05) is 19.0 Å². The van der Waals surface area contributed by atoms with E-state index in [4.69, 9.17) is 5.73 Å². The summed E-state index contributed by atoms with van der Waals surface area (Å²) in [4.78, 5) is 2.01. The molecule has 0 heterocycles. The monoisotopic (exact) mass is 132 g/mol. The van der Waals surface area contributed by atoms with Crippen LogP contribution in [0.25, 0.3) is 0 Å². The largest absolute Gasteiger partial charge is 0.323 e. The maximum absolute atomic E-state index is 5.47. The zero-order chi connectivity index (χ0) is 6.57. The quantitative estimate of drug-likeness (QED) is 0.543. The van der Waals surface area contributed by atoms with E-state index in [1.165, 1.54) is 0 Å². The summed E-state index contributed by atoms with van der Waals surface area (Å²) in [6.07, 6.45) is 0. The molecular formula is C5H12N2S. The molecule has 0 spiro atoms. The number of hydrogen-bond acceptors (Lipinski definition) is 3. The minimum absolute atomic E-state index is 0.0417. The van der Waals surface area contributed by atoms with E-state index in [2.05, 4.69) is 12.2 Å². The topological polar surface area (TPSA) is 29.3 Å². The lowest BCUT2D eigenvalue weighted by Crippen LogP contribution is -2.33. The van der Waals surface area contributed by atoms with Gasteiger partial charge in [-0.2, -0.15) is 0 Å². The van der Waals surface area contributed by atoms with Gasteiger partial charge in [-0.1, -0.05) is 12.2 Å². The molecule has 0 aromatic rings. The average Bonchev–Trinajstić information content (AvgIpc) is 1.65. The molecule has 0 fully saturated rings. The third-order valence-electron chi connectivity index (χ3n) is 0.751. The first-order valence-corrected chi connectivity index (χ1v) is 2.99. The molecule has 3 heteroatoms. The summed E-state index contributed by atoms with van der Waals surface area (Å²) >= 11 is 4.62. The summed E-state index contributed by atoms with van der Waals surface area (Å²) in [5, 5.41) is 1.58. The molecule has 1 atom stereocenters. The van der Waals surface area contributed by atoms with Gasteiger partial charge in [0.1, 0.15) is 0 Å². The van der Waals surface area contributed by atoms with Crippen LogP contribution in [-0.4, -0.2) is 36.9 Å². The first-order chi connectivity index (χ1) is 3.66. The van der Waals surface area contributed by atoms with Gasteiger partial charge in [0.15, 0.2) is 0 Å². The Morgan fingerprint density at radius 2 is 2.25 bits per heavy atom. The maximum atomic E-state index is 5.47. The number of likely N-dealkylation sites (N-methyl/N-ethyl adjacent to an activating group) is 1.